The van der Waals surface area contributed by atoms with Crippen molar-refractivity contribution >= 4 is 34.2 Å². The average molecular weight is 430 g/mol. The molecule has 2 unspecified atom stereocenters. The fourth-order valence-electron chi connectivity index (χ4n) is 2.99. The van der Waals surface area contributed by atoms with E-state index in [0.29, 0.717) is 30.5 Å². The van der Waals surface area contributed by atoms with Gasteiger partial charge < -0.3 is 19.8 Å². The second kappa shape index (κ2) is 8.74. The lowest BCUT2D eigenvalue weighted by Gasteiger charge is -2.20. The van der Waals surface area contributed by atoms with Gasteiger partial charge in [-0.15, -0.1) is 12.4 Å². The lowest BCUT2D eigenvalue weighted by molar-refractivity contribution is 0.0707. The minimum Gasteiger partial charge on any atom is -0.486 e. The molecule has 2 N–H and O–H groups in total. The van der Waals surface area contributed by atoms with Gasteiger partial charge in [0.25, 0.3) is 5.91 Å². The van der Waals surface area contributed by atoms with Crippen LogP contribution >= 0.6 is 28.3 Å². The maximum Gasteiger partial charge on any atom is 0.289 e. The third-order valence-corrected chi connectivity index (χ3v) is 4.85. The highest BCUT2D eigenvalue weighted by Crippen LogP contribution is 2.25. The second-order valence-corrected chi connectivity index (χ2v) is 7.07. The van der Waals surface area contributed by atoms with Crippen LogP contribution in [0.1, 0.15) is 29.7 Å². The number of furan rings is 1. The quantitative estimate of drug-likeness (QED) is 0.784. The van der Waals surface area contributed by atoms with Gasteiger partial charge >= 0.3 is 0 Å². The number of halogens is 2. The Bertz CT molecular complexity index is 705. The highest BCUT2D eigenvalue weighted by atomic mass is 79.9. The molecule has 1 saturated heterocycles. The summed E-state index contributed by atoms with van der Waals surface area (Å²) >= 11 is 3.38. The molecule has 0 saturated carbocycles. The van der Waals surface area contributed by atoms with Crippen molar-refractivity contribution in [2.45, 2.75) is 26.0 Å². The monoisotopic (exact) mass is 428 g/mol. The zero-order valence-corrected chi connectivity index (χ0v) is 16.4. The topological polar surface area (TPSA) is 68.7 Å². The van der Waals surface area contributed by atoms with Crippen molar-refractivity contribution in [3.8, 4) is 5.75 Å². The summed E-state index contributed by atoms with van der Waals surface area (Å²) in [4.78, 5) is 14.4. The molecule has 136 valence electrons. The molecule has 5 nitrogen and oxygen atoms in total. The molecule has 2 heterocycles. The predicted molar refractivity (Wildman–Crippen MR) is 102 cm³/mol. The van der Waals surface area contributed by atoms with E-state index < -0.39 is 0 Å². The number of amides is 1. The van der Waals surface area contributed by atoms with Crippen LogP contribution in [0.3, 0.4) is 0 Å². The SMILES string of the molecule is CC1CC(CN)CN1C(=O)c1ccc(COc2ccc(Br)cc2)o1.Cl. The molecular weight excluding hydrogens is 408 g/mol. The molecule has 25 heavy (non-hydrogen) atoms. The minimum atomic E-state index is -0.0756. The highest BCUT2D eigenvalue weighted by Gasteiger charge is 2.33. The number of benzene rings is 1. The number of carbonyl (C=O) groups is 1. The van der Waals surface area contributed by atoms with E-state index in [4.69, 9.17) is 14.9 Å². The zero-order chi connectivity index (χ0) is 17.1. The lowest BCUT2D eigenvalue weighted by Crippen LogP contribution is -2.34. The molecule has 0 radical (unpaired) electrons. The zero-order valence-electron chi connectivity index (χ0n) is 14.0. The molecule has 0 spiro atoms. The fraction of sp³-hybridized carbons (Fsp3) is 0.389. The number of likely N-dealkylation sites (tertiary alicyclic amines) is 1. The summed E-state index contributed by atoms with van der Waals surface area (Å²) in [7, 11) is 0. The molecule has 7 heteroatoms. The van der Waals surface area contributed by atoms with Gasteiger partial charge in [0.05, 0.1) is 0 Å². The van der Waals surface area contributed by atoms with Crippen molar-refractivity contribution in [3.63, 3.8) is 0 Å². The maximum atomic E-state index is 12.6. The smallest absolute Gasteiger partial charge is 0.289 e. The Balaban J connectivity index is 0.00000225. The van der Waals surface area contributed by atoms with E-state index >= 15 is 0 Å². The molecule has 1 aliphatic rings. The number of hydrogen-bond donors (Lipinski definition) is 1. The highest BCUT2D eigenvalue weighted by molar-refractivity contribution is 9.10. The van der Waals surface area contributed by atoms with E-state index in [9.17, 15) is 4.79 Å². The maximum absolute atomic E-state index is 12.6. The first-order chi connectivity index (χ1) is 11.6. The van der Waals surface area contributed by atoms with Gasteiger partial charge in [-0.1, -0.05) is 15.9 Å². The first-order valence-electron chi connectivity index (χ1n) is 8.05. The van der Waals surface area contributed by atoms with E-state index in [2.05, 4.69) is 15.9 Å². The summed E-state index contributed by atoms with van der Waals surface area (Å²) in [5.74, 6) is 2.03. The van der Waals surface area contributed by atoms with Crippen LogP contribution in [-0.4, -0.2) is 29.9 Å². The van der Waals surface area contributed by atoms with Crippen molar-refractivity contribution < 1.29 is 13.9 Å². The standard InChI is InChI=1S/C18H21BrN2O3.ClH/c1-12-8-13(9-20)10-21(12)18(22)17-7-6-16(24-17)11-23-15-4-2-14(19)3-5-15;/h2-7,12-13H,8-11,20H2,1H3;1H. The Hall–Kier alpha value is -1.50. The number of carbonyl (C=O) groups excluding carboxylic acids is 1. The van der Waals surface area contributed by atoms with Crippen LogP contribution in [0.25, 0.3) is 0 Å². The van der Waals surface area contributed by atoms with Crippen LogP contribution in [0, 0.1) is 5.92 Å². The first kappa shape index (κ1) is 19.8. The third kappa shape index (κ3) is 4.77. The van der Waals surface area contributed by atoms with Crippen molar-refractivity contribution in [1.29, 1.82) is 0 Å². The molecule has 0 bridgehead atoms. The number of ether oxygens (including phenoxy) is 1. The molecule has 1 fully saturated rings. The summed E-state index contributed by atoms with van der Waals surface area (Å²) in [5.41, 5.74) is 5.72. The number of rotatable bonds is 5. The summed E-state index contributed by atoms with van der Waals surface area (Å²) < 4.78 is 12.3. The Kier molecular flexibility index (Phi) is 6.93. The molecule has 2 atom stereocenters. The lowest BCUT2D eigenvalue weighted by atomic mass is 10.1. The van der Waals surface area contributed by atoms with Crippen LogP contribution in [-0.2, 0) is 6.61 Å². The summed E-state index contributed by atoms with van der Waals surface area (Å²) in [6.45, 7) is 3.64. The Labute approximate surface area is 162 Å². The number of nitrogens with two attached hydrogens (primary N) is 1. The largest absolute Gasteiger partial charge is 0.486 e. The molecule has 1 aromatic carbocycles. The molecule has 1 aliphatic heterocycles. The Morgan fingerprint density at radius 1 is 1.32 bits per heavy atom. The van der Waals surface area contributed by atoms with Crippen LogP contribution in [0.4, 0.5) is 0 Å². The molecule has 0 aliphatic carbocycles. The summed E-state index contributed by atoms with van der Waals surface area (Å²) in [6, 6.07) is 11.3. The van der Waals surface area contributed by atoms with E-state index in [0.717, 1.165) is 16.6 Å². The second-order valence-electron chi connectivity index (χ2n) is 6.15. The molecule has 2 aromatic rings. The van der Waals surface area contributed by atoms with Crippen LogP contribution in [0.5, 0.6) is 5.75 Å². The van der Waals surface area contributed by atoms with Crippen molar-refractivity contribution in [1.82, 2.24) is 4.90 Å². The van der Waals surface area contributed by atoms with Crippen LogP contribution < -0.4 is 10.5 Å². The van der Waals surface area contributed by atoms with Gasteiger partial charge in [-0.25, -0.2) is 0 Å². The third-order valence-electron chi connectivity index (χ3n) is 4.32. The summed E-state index contributed by atoms with van der Waals surface area (Å²) in [5, 5.41) is 0. The first-order valence-corrected chi connectivity index (χ1v) is 8.84. The molecule has 3 rings (SSSR count). The van der Waals surface area contributed by atoms with E-state index in [1.165, 1.54) is 0 Å². The van der Waals surface area contributed by atoms with Gasteiger partial charge in [-0.05, 0) is 62.2 Å². The van der Waals surface area contributed by atoms with Gasteiger partial charge in [0.1, 0.15) is 18.1 Å². The normalized spacial score (nSPS) is 19.6. The van der Waals surface area contributed by atoms with Crippen LogP contribution in [0.2, 0.25) is 0 Å². The molecule has 1 amide bonds. The predicted octanol–water partition coefficient (Wildman–Crippen LogP) is 3.85. The van der Waals surface area contributed by atoms with Crippen molar-refractivity contribution in [3.05, 3.63) is 52.4 Å². The van der Waals surface area contributed by atoms with E-state index in [-0.39, 0.29) is 31.0 Å². The fourth-order valence-corrected chi connectivity index (χ4v) is 3.26. The van der Waals surface area contributed by atoms with Gasteiger partial charge in [0.2, 0.25) is 0 Å². The van der Waals surface area contributed by atoms with E-state index in [1.807, 2.05) is 36.1 Å². The number of hydrogen-bond acceptors (Lipinski definition) is 4. The van der Waals surface area contributed by atoms with Gasteiger partial charge in [0, 0.05) is 17.1 Å². The molecular formula is C18H22BrClN2O3. The Morgan fingerprint density at radius 3 is 2.68 bits per heavy atom. The summed E-state index contributed by atoms with van der Waals surface area (Å²) in [6.07, 6.45) is 0.947. The average Bonchev–Trinajstić information content (AvgIpc) is 3.20. The van der Waals surface area contributed by atoms with Crippen LogP contribution in [0.15, 0.2) is 45.3 Å². The van der Waals surface area contributed by atoms with Gasteiger partial charge in [0.15, 0.2) is 5.76 Å². The van der Waals surface area contributed by atoms with Crippen molar-refractivity contribution in [2.75, 3.05) is 13.1 Å². The van der Waals surface area contributed by atoms with Gasteiger partial charge in [-0.3, -0.25) is 4.79 Å². The number of nitrogens with zero attached hydrogens (tertiary/aromatic N) is 1. The van der Waals surface area contributed by atoms with E-state index in [1.54, 1.807) is 12.1 Å². The minimum absolute atomic E-state index is 0. The van der Waals surface area contributed by atoms with Crippen molar-refractivity contribution in [2.24, 2.45) is 11.7 Å². The Morgan fingerprint density at radius 2 is 2.04 bits per heavy atom. The molecule has 1 aromatic heterocycles. The van der Waals surface area contributed by atoms with Gasteiger partial charge in [-0.2, -0.15) is 0 Å².